The van der Waals surface area contributed by atoms with Gasteiger partial charge in [-0.2, -0.15) is 8.42 Å². The monoisotopic (exact) mass is 470 g/mol. The first-order chi connectivity index (χ1) is 15.8. The molecule has 7 heteroatoms. The number of carbonyl (C=O) groups is 1. The van der Waals surface area contributed by atoms with Crippen LogP contribution in [0.15, 0.2) is 53.4 Å². The molecule has 0 amide bonds. The highest BCUT2D eigenvalue weighted by Crippen LogP contribution is 2.27. The molecular weight excluding hydrogens is 436 g/mol. The summed E-state index contributed by atoms with van der Waals surface area (Å²) < 4.78 is 30.8. The maximum absolute atomic E-state index is 13.2. The molecule has 2 aromatic carbocycles. The normalized spacial score (nSPS) is 19.8. The first-order valence-corrected chi connectivity index (χ1v) is 13.4. The second kappa shape index (κ2) is 10.4. The third-order valence-corrected chi connectivity index (χ3v) is 8.44. The van der Waals surface area contributed by atoms with Crippen molar-refractivity contribution in [3.05, 3.63) is 59.7 Å². The van der Waals surface area contributed by atoms with Crippen LogP contribution in [-0.4, -0.2) is 56.3 Å². The molecule has 4 rings (SSSR count). The van der Waals surface area contributed by atoms with E-state index < -0.39 is 10.1 Å². The molecule has 0 N–H and O–H groups in total. The zero-order valence-electron chi connectivity index (χ0n) is 19.6. The average molecular weight is 471 g/mol. The van der Waals surface area contributed by atoms with E-state index in [-0.39, 0.29) is 22.3 Å². The molecule has 0 aliphatic carbocycles. The van der Waals surface area contributed by atoms with E-state index in [4.69, 9.17) is 4.18 Å². The summed E-state index contributed by atoms with van der Waals surface area (Å²) in [6.45, 7) is 8.16. The SMILES string of the molecule is Cc1ccccc1S(=O)(=O)Oc1cccc(C(=O)C2CCN(C(C)N3CCCCC3)CC2)c1. The van der Waals surface area contributed by atoms with Crippen molar-refractivity contribution in [3.63, 3.8) is 0 Å². The maximum atomic E-state index is 13.2. The molecule has 1 unspecified atom stereocenters. The zero-order valence-corrected chi connectivity index (χ0v) is 20.4. The summed E-state index contributed by atoms with van der Waals surface area (Å²) in [6, 6.07) is 13.3. The van der Waals surface area contributed by atoms with Crippen molar-refractivity contribution < 1.29 is 17.4 Å². The summed E-state index contributed by atoms with van der Waals surface area (Å²) in [6.07, 6.45) is 5.95. The van der Waals surface area contributed by atoms with Crippen molar-refractivity contribution in [2.75, 3.05) is 26.2 Å². The van der Waals surface area contributed by atoms with Crippen molar-refractivity contribution in [3.8, 4) is 5.75 Å². The molecule has 6 nitrogen and oxygen atoms in total. The number of benzene rings is 2. The van der Waals surface area contributed by atoms with Crippen molar-refractivity contribution >= 4 is 15.9 Å². The van der Waals surface area contributed by atoms with Crippen LogP contribution in [0.3, 0.4) is 0 Å². The van der Waals surface area contributed by atoms with Crippen LogP contribution < -0.4 is 4.18 Å². The van der Waals surface area contributed by atoms with Gasteiger partial charge >= 0.3 is 10.1 Å². The molecule has 178 valence electrons. The Hall–Kier alpha value is -2.22. The Balaban J connectivity index is 1.39. The molecule has 0 aromatic heterocycles. The molecule has 2 aliphatic heterocycles. The second-order valence-corrected chi connectivity index (χ2v) is 10.7. The quantitative estimate of drug-likeness (QED) is 0.439. The number of hydrogen-bond acceptors (Lipinski definition) is 6. The third-order valence-electron chi connectivity index (χ3n) is 7.04. The van der Waals surface area contributed by atoms with Crippen molar-refractivity contribution in [1.29, 1.82) is 0 Å². The van der Waals surface area contributed by atoms with Gasteiger partial charge in [-0.1, -0.05) is 36.8 Å². The molecule has 2 aliphatic rings. The fourth-order valence-electron chi connectivity index (χ4n) is 5.00. The Morgan fingerprint density at radius 2 is 1.61 bits per heavy atom. The Kier molecular flexibility index (Phi) is 7.51. The van der Waals surface area contributed by atoms with Gasteiger partial charge in [0.05, 0.1) is 6.17 Å². The van der Waals surface area contributed by atoms with Crippen LogP contribution in [0.5, 0.6) is 5.75 Å². The predicted octanol–water partition coefficient (Wildman–Crippen LogP) is 4.49. The summed E-state index contributed by atoms with van der Waals surface area (Å²) in [5.74, 6) is 0.192. The van der Waals surface area contributed by atoms with Crippen molar-refractivity contribution in [2.45, 2.75) is 57.0 Å². The minimum Gasteiger partial charge on any atom is -0.379 e. The number of rotatable bonds is 7. The standard InChI is InChI=1S/C26H34N2O4S/c1-20-9-4-5-12-25(20)33(30,31)32-24-11-8-10-23(19-24)26(29)22-13-17-28(18-14-22)21(2)27-15-6-3-7-16-27/h4-5,8-12,19,21-22H,3,6-7,13-18H2,1-2H3. The molecule has 2 aromatic rings. The molecule has 0 saturated carbocycles. The molecule has 2 heterocycles. The van der Waals surface area contributed by atoms with Crippen LogP contribution >= 0.6 is 0 Å². The number of likely N-dealkylation sites (tertiary alicyclic amines) is 2. The van der Waals surface area contributed by atoms with E-state index in [9.17, 15) is 13.2 Å². The van der Waals surface area contributed by atoms with Crippen LogP contribution in [0.2, 0.25) is 0 Å². The third kappa shape index (κ3) is 5.65. The lowest BCUT2D eigenvalue weighted by atomic mass is 9.88. The number of piperidine rings is 2. The topological polar surface area (TPSA) is 66.9 Å². The lowest BCUT2D eigenvalue weighted by Gasteiger charge is -2.42. The van der Waals surface area contributed by atoms with E-state index in [0.29, 0.717) is 17.3 Å². The molecule has 0 bridgehead atoms. The Bertz CT molecular complexity index is 1070. The number of nitrogens with zero attached hydrogens (tertiary/aromatic N) is 2. The van der Waals surface area contributed by atoms with Gasteiger partial charge in [0.2, 0.25) is 0 Å². The van der Waals surface area contributed by atoms with Crippen LogP contribution in [0, 0.1) is 12.8 Å². The summed E-state index contributed by atoms with van der Waals surface area (Å²) in [5, 5.41) is 0. The Morgan fingerprint density at radius 3 is 2.30 bits per heavy atom. The molecule has 0 radical (unpaired) electrons. The van der Waals surface area contributed by atoms with Crippen LogP contribution in [0.25, 0.3) is 0 Å². The number of aryl methyl sites for hydroxylation is 1. The van der Waals surface area contributed by atoms with Crippen molar-refractivity contribution in [1.82, 2.24) is 9.80 Å². The number of hydrogen-bond donors (Lipinski definition) is 0. The molecule has 2 saturated heterocycles. The van der Waals surface area contributed by atoms with Gasteiger partial charge in [0.1, 0.15) is 10.6 Å². The lowest BCUT2D eigenvalue weighted by molar-refractivity contribution is 0.0194. The smallest absolute Gasteiger partial charge is 0.339 e. The average Bonchev–Trinajstić information content (AvgIpc) is 2.84. The highest BCUT2D eigenvalue weighted by atomic mass is 32.2. The van der Waals surface area contributed by atoms with Gasteiger partial charge in [0.25, 0.3) is 0 Å². The molecule has 33 heavy (non-hydrogen) atoms. The Labute approximate surface area is 197 Å². The molecular formula is C26H34N2O4S. The van der Waals surface area contributed by atoms with Gasteiger partial charge in [-0.3, -0.25) is 14.6 Å². The summed E-state index contributed by atoms with van der Waals surface area (Å²) in [5.41, 5.74) is 1.13. The van der Waals surface area contributed by atoms with Gasteiger partial charge in [0, 0.05) is 24.6 Å². The predicted molar refractivity (Wildman–Crippen MR) is 129 cm³/mol. The fourth-order valence-corrected chi connectivity index (χ4v) is 6.16. The summed E-state index contributed by atoms with van der Waals surface area (Å²) in [4.78, 5) is 18.4. The van der Waals surface area contributed by atoms with Gasteiger partial charge in [-0.05, 0) is 76.4 Å². The van der Waals surface area contributed by atoms with Crippen LogP contribution in [0.4, 0.5) is 0 Å². The minimum atomic E-state index is -3.96. The number of carbonyl (C=O) groups excluding carboxylic acids is 1. The summed E-state index contributed by atoms with van der Waals surface area (Å²) in [7, 11) is -3.96. The van der Waals surface area contributed by atoms with Gasteiger partial charge < -0.3 is 4.18 Å². The largest absolute Gasteiger partial charge is 0.379 e. The first kappa shape index (κ1) is 23.9. The van der Waals surface area contributed by atoms with E-state index in [1.165, 1.54) is 25.3 Å². The second-order valence-electron chi connectivity index (χ2n) is 9.23. The van der Waals surface area contributed by atoms with E-state index in [1.807, 2.05) is 0 Å². The molecule has 1 atom stereocenters. The van der Waals surface area contributed by atoms with E-state index in [1.54, 1.807) is 49.4 Å². The van der Waals surface area contributed by atoms with Gasteiger partial charge in [0.15, 0.2) is 5.78 Å². The van der Waals surface area contributed by atoms with E-state index in [0.717, 1.165) is 39.0 Å². The molecule has 2 fully saturated rings. The fraction of sp³-hybridized carbons (Fsp3) is 0.500. The highest BCUT2D eigenvalue weighted by molar-refractivity contribution is 7.87. The molecule has 0 spiro atoms. The summed E-state index contributed by atoms with van der Waals surface area (Å²) >= 11 is 0. The van der Waals surface area contributed by atoms with E-state index >= 15 is 0 Å². The van der Waals surface area contributed by atoms with E-state index in [2.05, 4.69) is 16.7 Å². The Morgan fingerprint density at radius 1 is 0.939 bits per heavy atom. The number of Topliss-reactive ketones (excluding diaryl/α,β-unsaturated/α-hetero) is 1. The minimum absolute atomic E-state index is 0.0435. The van der Waals surface area contributed by atoms with Gasteiger partial charge in [-0.15, -0.1) is 0 Å². The van der Waals surface area contributed by atoms with Gasteiger partial charge in [-0.25, -0.2) is 0 Å². The lowest BCUT2D eigenvalue weighted by Crippen LogP contribution is -2.51. The highest BCUT2D eigenvalue weighted by Gasteiger charge is 2.30. The van der Waals surface area contributed by atoms with Crippen LogP contribution in [0.1, 0.15) is 54.9 Å². The van der Waals surface area contributed by atoms with Crippen LogP contribution in [-0.2, 0) is 10.1 Å². The first-order valence-electron chi connectivity index (χ1n) is 12.0. The zero-order chi connectivity index (χ0) is 23.4. The maximum Gasteiger partial charge on any atom is 0.339 e. The number of ketones is 1. The van der Waals surface area contributed by atoms with Crippen molar-refractivity contribution in [2.24, 2.45) is 5.92 Å².